The van der Waals surface area contributed by atoms with Crippen LogP contribution in [0.25, 0.3) is 11.3 Å². The summed E-state index contributed by atoms with van der Waals surface area (Å²) in [6, 6.07) is 12.9. The van der Waals surface area contributed by atoms with E-state index < -0.39 is 0 Å². The molecule has 1 aromatic carbocycles. The maximum atomic E-state index is 12.1. The van der Waals surface area contributed by atoms with Crippen LogP contribution in [-0.4, -0.2) is 30.5 Å². The van der Waals surface area contributed by atoms with E-state index in [4.69, 9.17) is 0 Å². The van der Waals surface area contributed by atoms with Crippen LogP contribution < -0.4 is 16.2 Å². The summed E-state index contributed by atoms with van der Waals surface area (Å²) in [6.45, 7) is 2.44. The zero-order valence-electron chi connectivity index (χ0n) is 11.6. The fourth-order valence-electron chi connectivity index (χ4n) is 2.26. The molecule has 5 heteroatoms. The van der Waals surface area contributed by atoms with Gasteiger partial charge in [-0.15, -0.1) is 0 Å². The third kappa shape index (κ3) is 3.03. The predicted octanol–water partition coefficient (Wildman–Crippen LogP) is 0.991. The molecule has 1 aliphatic heterocycles. The first-order valence-corrected chi connectivity index (χ1v) is 7.02. The maximum Gasteiger partial charge on any atom is 0.261 e. The molecule has 1 amide bonds. The molecule has 21 heavy (non-hydrogen) atoms. The summed E-state index contributed by atoms with van der Waals surface area (Å²) >= 11 is 0. The third-order valence-corrected chi connectivity index (χ3v) is 3.66. The van der Waals surface area contributed by atoms with E-state index in [1.165, 1.54) is 0 Å². The molecule has 1 aliphatic rings. The van der Waals surface area contributed by atoms with Gasteiger partial charge in [0.2, 0.25) is 0 Å². The quantitative estimate of drug-likeness (QED) is 0.783. The second kappa shape index (κ2) is 5.93. The first kappa shape index (κ1) is 13.6. The van der Waals surface area contributed by atoms with E-state index in [-0.39, 0.29) is 17.0 Å². The summed E-state index contributed by atoms with van der Waals surface area (Å²) in [4.78, 5) is 26.8. The molecule has 108 valence electrons. The Balaban J connectivity index is 1.74. The van der Waals surface area contributed by atoms with Gasteiger partial charge in [0.15, 0.2) is 0 Å². The predicted molar refractivity (Wildman–Crippen MR) is 81.2 cm³/mol. The number of H-pyrrole nitrogens is 1. The largest absolute Gasteiger partial charge is 0.351 e. The second-order valence-electron chi connectivity index (χ2n) is 5.22. The first-order valence-electron chi connectivity index (χ1n) is 7.02. The Kier molecular flexibility index (Phi) is 3.83. The van der Waals surface area contributed by atoms with Gasteiger partial charge in [-0.1, -0.05) is 30.3 Å². The van der Waals surface area contributed by atoms with E-state index in [1.54, 1.807) is 12.1 Å². The van der Waals surface area contributed by atoms with Gasteiger partial charge in [0.1, 0.15) is 5.56 Å². The van der Waals surface area contributed by atoms with Crippen molar-refractivity contribution in [3.63, 3.8) is 0 Å². The molecule has 1 fully saturated rings. The molecular formula is C16H17N3O2. The van der Waals surface area contributed by atoms with Crippen molar-refractivity contribution in [2.75, 3.05) is 19.6 Å². The van der Waals surface area contributed by atoms with Crippen LogP contribution in [0.1, 0.15) is 10.4 Å². The van der Waals surface area contributed by atoms with Crippen molar-refractivity contribution in [3.05, 3.63) is 58.4 Å². The number of benzene rings is 1. The highest BCUT2D eigenvalue weighted by Crippen LogP contribution is 2.14. The first-order chi connectivity index (χ1) is 10.2. The van der Waals surface area contributed by atoms with Crippen LogP contribution >= 0.6 is 0 Å². The number of aromatic nitrogens is 1. The lowest BCUT2D eigenvalue weighted by atomic mass is 10.0. The van der Waals surface area contributed by atoms with Crippen molar-refractivity contribution in [2.45, 2.75) is 0 Å². The molecule has 2 aromatic rings. The average Bonchev–Trinajstić information content (AvgIpc) is 2.46. The normalized spacial score (nSPS) is 14.5. The van der Waals surface area contributed by atoms with Gasteiger partial charge in [-0.25, -0.2) is 0 Å². The molecule has 1 saturated heterocycles. The molecule has 0 unspecified atom stereocenters. The van der Waals surface area contributed by atoms with Gasteiger partial charge in [-0.3, -0.25) is 9.59 Å². The minimum atomic E-state index is -0.361. The van der Waals surface area contributed by atoms with Gasteiger partial charge in [-0.2, -0.15) is 0 Å². The molecule has 0 saturated carbocycles. The Morgan fingerprint density at radius 3 is 2.52 bits per heavy atom. The Labute approximate surface area is 122 Å². The van der Waals surface area contributed by atoms with Crippen molar-refractivity contribution >= 4 is 5.91 Å². The highest BCUT2D eigenvalue weighted by molar-refractivity contribution is 5.94. The van der Waals surface area contributed by atoms with Gasteiger partial charge in [0.05, 0.1) is 0 Å². The monoisotopic (exact) mass is 283 g/mol. The summed E-state index contributed by atoms with van der Waals surface area (Å²) in [5.74, 6) is 0.152. The van der Waals surface area contributed by atoms with E-state index >= 15 is 0 Å². The molecule has 5 nitrogen and oxygen atoms in total. The van der Waals surface area contributed by atoms with Crippen molar-refractivity contribution in [1.29, 1.82) is 0 Å². The van der Waals surface area contributed by atoms with Crippen molar-refractivity contribution in [1.82, 2.24) is 15.6 Å². The van der Waals surface area contributed by atoms with Crippen LogP contribution in [0.2, 0.25) is 0 Å². The Bertz CT molecular complexity index is 690. The number of aromatic amines is 1. The molecule has 3 N–H and O–H groups in total. The minimum absolute atomic E-state index is 0.155. The number of hydrogen-bond donors (Lipinski definition) is 3. The summed E-state index contributed by atoms with van der Waals surface area (Å²) in [5, 5.41) is 5.94. The van der Waals surface area contributed by atoms with Gasteiger partial charge in [0, 0.05) is 31.2 Å². The number of rotatable bonds is 4. The van der Waals surface area contributed by atoms with Crippen molar-refractivity contribution < 1.29 is 4.79 Å². The Morgan fingerprint density at radius 2 is 1.90 bits per heavy atom. The Morgan fingerprint density at radius 1 is 1.14 bits per heavy atom. The highest BCUT2D eigenvalue weighted by atomic mass is 16.2. The summed E-state index contributed by atoms with van der Waals surface area (Å²) in [5.41, 5.74) is 1.42. The van der Waals surface area contributed by atoms with E-state index in [9.17, 15) is 9.59 Å². The second-order valence-corrected chi connectivity index (χ2v) is 5.22. The fraction of sp³-hybridized carbons (Fsp3) is 0.250. The van der Waals surface area contributed by atoms with E-state index in [1.807, 2.05) is 30.3 Å². The summed E-state index contributed by atoms with van der Waals surface area (Å²) in [7, 11) is 0. The van der Waals surface area contributed by atoms with E-state index in [2.05, 4.69) is 15.6 Å². The SMILES string of the molecule is O=C(NCC1CNC1)c1ccc(-c2ccccc2)[nH]c1=O. The maximum absolute atomic E-state index is 12.1. The molecule has 1 aromatic heterocycles. The van der Waals surface area contributed by atoms with Crippen molar-refractivity contribution in [2.24, 2.45) is 5.92 Å². The van der Waals surface area contributed by atoms with Gasteiger partial charge in [0.25, 0.3) is 11.5 Å². The molecule has 0 spiro atoms. The molecule has 3 rings (SSSR count). The van der Waals surface area contributed by atoms with E-state index in [0.717, 1.165) is 18.7 Å². The zero-order chi connectivity index (χ0) is 14.7. The van der Waals surface area contributed by atoms with Crippen LogP contribution in [0.4, 0.5) is 0 Å². The third-order valence-electron chi connectivity index (χ3n) is 3.66. The summed E-state index contributed by atoms with van der Waals surface area (Å²) < 4.78 is 0. The number of carbonyl (C=O) groups excluding carboxylic acids is 1. The molecule has 0 radical (unpaired) electrons. The molecule has 2 heterocycles. The number of nitrogens with one attached hydrogen (secondary N) is 3. The van der Waals surface area contributed by atoms with Gasteiger partial charge < -0.3 is 15.6 Å². The number of amides is 1. The zero-order valence-corrected chi connectivity index (χ0v) is 11.6. The van der Waals surface area contributed by atoms with E-state index in [0.29, 0.717) is 18.2 Å². The van der Waals surface area contributed by atoms with Gasteiger partial charge in [-0.05, 0) is 17.7 Å². The lowest BCUT2D eigenvalue weighted by molar-refractivity contribution is 0.0940. The molecule has 0 bridgehead atoms. The van der Waals surface area contributed by atoms with Gasteiger partial charge >= 0.3 is 0 Å². The Hall–Kier alpha value is -2.40. The van der Waals surface area contributed by atoms with Crippen LogP contribution in [0.5, 0.6) is 0 Å². The lowest BCUT2D eigenvalue weighted by Crippen LogP contribution is -2.48. The molecule has 0 atom stereocenters. The van der Waals surface area contributed by atoms with Crippen LogP contribution in [0, 0.1) is 5.92 Å². The molecule has 0 aliphatic carbocycles. The molecular weight excluding hydrogens is 266 g/mol. The smallest absolute Gasteiger partial charge is 0.261 e. The highest BCUT2D eigenvalue weighted by Gasteiger charge is 2.18. The van der Waals surface area contributed by atoms with Crippen LogP contribution in [0.15, 0.2) is 47.3 Å². The average molecular weight is 283 g/mol. The van der Waals surface area contributed by atoms with Crippen LogP contribution in [0.3, 0.4) is 0 Å². The topological polar surface area (TPSA) is 74.0 Å². The minimum Gasteiger partial charge on any atom is -0.351 e. The fourth-order valence-corrected chi connectivity index (χ4v) is 2.26. The standard InChI is InChI=1S/C16H17N3O2/c20-15(18-10-11-8-17-9-11)13-6-7-14(19-16(13)21)12-4-2-1-3-5-12/h1-7,11,17H,8-10H2,(H,18,20)(H,19,21). The number of hydrogen-bond acceptors (Lipinski definition) is 3. The lowest BCUT2D eigenvalue weighted by Gasteiger charge is -2.26. The summed E-state index contributed by atoms with van der Waals surface area (Å²) in [6.07, 6.45) is 0. The number of carbonyl (C=O) groups is 1. The van der Waals surface area contributed by atoms with Crippen LogP contribution in [-0.2, 0) is 0 Å². The van der Waals surface area contributed by atoms with Crippen molar-refractivity contribution in [3.8, 4) is 11.3 Å². The number of pyridine rings is 1.